The zero-order valence-corrected chi connectivity index (χ0v) is 18.7. The molecule has 0 spiro atoms. The van der Waals surface area contributed by atoms with Crippen molar-refractivity contribution in [2.75, 3.05) is 13.1 Å². The molecule has 36 heavy (non-hydrogen) atoms. The largest absolute Gasteiger partial charge is 0.573 e. The molecule has 0 aliphatic carbocycles. The summed E-state index contributed by atoms with van der Waals surface area (Å²) in [5, 5.41) is 20.5. The molecule has 1 unspecified atom stereocenters. The standard InChI is InChI=1S/C23H22F4N6O3/c24-17-8-7-16(10-18(17)36-23(25,26)27)35-15-5-3-13(4-6-15)20(29)19(22(31)34)21(30)32-14-2-1-9-33(11-14)12-28/h3-8,10,14,29,32H,1-2,9,11,30H2,(H2,31,34)/b21-19+,29-20?. The Labute approximate surface area is 203 Å². The van der Waals surface area contributed by atoms with Crippen molar-refractivity contribution >= 4 is 11.6 Å². The first-order chi connectivity index (χ1) is 17.0. The van der Waals surface area contributed by atoms with Crippen LogP contribution in [-0.2, 0) is 4.79 Å². The number of ether oxygens (including phenoxy) is 2. The van der Waals surface area contributed by atoms with Gasteiger partial charge in [-0.1, -0.05) is 0 Å². The predicted molar refractivity (Wildman–Crippen MR) is 120 cm³/mol. The number of halogens is 4. The minimum Gasteiger partial charge on any atom is -0.457 e. The summed E-state index contributed by atoms with van der Waals surface area (Å²) in [5.41, 5.74) is 11.3. The van der Waals surface area contributed by atoms with Crippen LogP contribution in [0.3, 0.4) is 0 Å². The van der Waals surface area contributed by atoms with E-state index in [1.54, 1.807) is 4.90 Å². The second-order valence-corrected chi connectivity index (χ2v) is 7.82. The first-order valence-corrected chi connectivity index (χ1v) is 10.6. The molecule has 2 aromatic rings. The predicted octanol–water partition coefficient (Wildman–Crippen LogP) is 3.08. The minimum absolute atomic E-state index is 0.0962. The van der Waals surface area contributed by atoms with E-state index >= 15 is 0 Å². The molecule has 0 bridgehead atoms. The van der Waals surface area contributed by atoms with Crippen molar-refractivity contribution in [2.45, 2.75) is 25.2 Å². The first-order valence-electron chi connectivity index (χ1n) is 10.6. The Kier molecular flexibility index (Phi) is 7.88. The molecule has 1 aliphatic rings. The quantitative estimate of drug-likeness (QED) is 0.186. The summed E-state index contributed by atoms with van der Waals surface area (Å²) in [6.45, 7) is 1.02. The monoisotopic (exact) mass is 506 g/mol. The van der Waals surface area contributed by atoms with Crippen LogP contribution < -0.4 is 26.3 Å². The number of carbonyl (C=O) groups is 1. The molecule has 0 aromatic heterocycles. The van der Waals surface area contributed by atoms with Crippen LogP contribution in [0.2, 0.25) is 0 Å². The first kappa shape index (κ1) is 26.1. The van der Waals surface area contributed by atoms with Crippen molar-refractivity contribution in [2.24, 2.45) is 11.5 Å². The van der Waals surface area contributed by atoms with Gasteiger partial charge in [0.15, 0.2) is 17.8 Å². The Morgan fingerprint density at radius 2 is 1.83 bits per heavy atom. The van der Waals surface area contributed by atoms with Crippen LogP contribution in [0.1, 0.15) is 18.4 Å². The number of hydrogen-bond acceptors (Lipinski definition) is 8. The zero-order valence-electron chi connectivity index (χ0n) is 18.7. The number of hydrogen-bond donors (Lipinski definition) is 4. The molecule has 2 aromatic carbocycles. The summed E-state index contributed by atoms with van der Waals surface area (Å²) in [4.78, 5) is 13.6. The molecule has 9 nitrogen and oxygen atoms in total. The fraction of sp³-hybridized carbons (Fsp3) is 0.261. The summed E-state index contributed by atoms with van der Waals surface area (Å²) in [6, 6.07) is 8.05. The Bertz CT molecular complexity index is 1210. The van der Waals surface area contributed by atoms with Crippen molar-refractivity contribution in [3.63, 3.8) is 0 Å². The van der Waals surface area contributed by atoms with Gasteiger partial charge in [-0.25, -0.2) is 4.39 Å². The summed E-state index contributed by atoms with van der Waals surface area (Å²) >= 11 is 0. The highest BCUT2D eigenvalue weighted by Gasteiger charge is 2.32. The van der Waals surface area contributed by atoms with E-state index in [0.717, 1.165) is 24.6 Å². The van der Waals surface area contributed by atoms with E-state index in [0.29, 0.717) is 19.5 Å². The average Bonchev–Trinajstić information content (AvgIpc) is 2.80. The lowest BCUT2D eigenvalue weighted by atomic mass is 10.0. The fourth-order valence-electron chi connectivity index (χ4n) is 3.59. The lowest BCUT2D eigenvalue weighted by Gasteiger charge is -2.30. The number of carbonyl (C=O) groups excluding carboxylic acids is 1. The van der Waals surface area contributed by atoms with Crippen LogP contribution in [0.5, 0.6) is 17.2 Å². The molecule has 6 N–H and O–H groups in total. The number of benzene rings is 2. The van der Waals surface area contributed by atoms with Gasteiger partial charge in [0, 0.05) is 30.8 Å². The van der Waals surface area contributed by atoms with E-state index in [2.05, 4.69) is 16.2 Å². The van der Waals surface area contributed by atoms with E-state index in [9.17, 15) is 22.4 Å². The molecule has 1 fully saturated rings. The maximum Gasteiger partial charge on any atom is 0.573 e. The third-order valence-electron chi connectivity index (χ3n) is 5.20. The minimum atomic E-state index is -5.07. The van der Waals surface area contributed by atoms with Crippen LogP contribution in [0.15, 0.2) is 53.9 Å². The number of nitriles is 1. The molecule has 3 rings (SSSR count). The van der Waals surface area contributed by atoms with E-state index in [1.165, 1.54) is 24.3 Å². The molecule has 1 amide bonds. The summed E-state index contributed by atoms with van der Waals surface area (Å²) in [6.07, 6.45) is -1.55. The van der Waals surface area contributed by atoms with Gasteiger partial charge in [0.25, 0.3) is 5.91 Å². The van der Waals surface area contributed by atoms with Crippen LogP contribution in [0.25, 0.3) is 0 Å². The van der Waals surface area contributed by atoms with Gasteiger partial charge in [-0.3, -0.25) is 10.2 Å². The maximum absolute atomic E-state index is 13.6. The number of primary amides is 1. The number of nitrogens with one attached hydrogen (secondary N) is 2. The van der Waals surface area contributed by atoms with Gasteiger partial charge in [0.2, 0.25) is 0 Å². The van der Waals surface area contributed by atoms with Gasteiger partial charge in [-0.15, -0.1) is 13.2 Å². The van der Waals surface area contributed by atoms with Gasteiger partial charge in [0.1, 0.15) is 22.9 Å². The maximum atomic E-state index is 13.6. The topological polar surface area (TPSA) is 150 Å². The molecule has 1 heterocycles. The number of rotatable bonds is 8. The van der Waals surface area contributed by atoms with E-state index in [4.69, 9.17) is 26.9 Å². The molecule has 1 saturated heterocycles. The number of likely N-dealkylation sites (tertiary alicyclic amines) is 1. The molecule has 190 valence electrons. The zero-order chi connectivity index (χ0) is 26.5. The van der Waals surface area contributed by atoms with Crippen LogP contribution in [0.4, 0.5) is 17.6 Å². The van der Waals surface area contributed by atoms with E-state index in [-0.39, 0.29) is 40.2 Å². The van der Waals surface area contributed by atoms with E-state index < -0.39 is 23.8 Å². The normalized spacial score (nSPS) is 16.4. The van der Waals surface area contributed by atoms with Gasteiger partial charge in [0.05, 0.1) is 5.71 Å². The van der Waals surface area contributed by atoms with Crippen molar-refractivity contribution in [3.05, 3.63) is 65.2 Å². The average molecular weight is 506 g/mol. The Morgan fingerprint density at radius 1 is 1.17 bits per heavy atom. The summed E-state index contributed by atoms with van der Waals surface area (Å²) in [5.74, 6) is -3.25. The highest BCUT2D eigenvalue weighted by molar-refractivity contribution is 6.26. The third kappa shape index (κ3) is 6.78. The van der Waals surface area contributed by atoms with Crippen molar-refractivity contribution in [3.8, 4) is 23.4 Å². The molecular weight excluding hydrogens is 484 g/mol. The van der Waals surface area contributed by atoms with Crippen molar-refractivity contribution < 1.29 is 31.8 Å². The molecule has 0 saturated carbocycles. The molecular formula is C23H22F4N6O3. The Hall–Kier alpha value is -4.47. The number of piperidine rings is 1. The SMILES string of the molecule is N#CN1CCCC(N/C(N)=C(\C(=N)c2ccc(Oc3ccc(F)c(OC(F)(F)F)c3)cc2)C(N)=O)C1. The number of alkyl halides is 3. The number of nitrogens with two attached hydrogens (primary N) is 2. The Morgan fingerprint density at radius 3 is 2.44 bits per heavy atom. The number of amides is 1. The number of nitrogens with zero attached hydrogens (tertiary/aromatic N) is 2. The van der Waals surface area contributed by atoms with Gasteiger partial charge in [-0.05, 0) is 49.2 Å². The molecule has 1 atom stereocenters. The molecule has 13 heteroatoms. The van der Waals surface area contributed by atoms with Gasteiger partial charge in [-0.2, -0.15) is 5.26 Å². The van der Waals surface area contributed by atoms with E-state index in [1.807, 2.05) is 0 Å². The highest BCUT2D eigenvalue weighted by atomic mass is 19.4. The second kappa shape index (κ2) is 10.9. The molecule has 1 aliphatic heterocycles. The van der Waals surface area contributed by atoms with Gasteiger partial charge < -0.3 is 31.2 Å². The van der Waals surface area contributed by atoms with Crippen molar-refractivity contribution in [1.82, 2.24) is 10.2 Å². The highest BCUT2D eigenvalue weighted by Crippen LogP contribution is 2.31. The lowest BCUT2D eigenvalue weighted by molar-refractivity contribution is -0.275. The fourth-order valence-corrected chi connectivity index (χ4v) is 3.59. The second-order valence-electron chi connectivity index (χ2n) is 7.82. The van der Waals surface area contributed by atoms with Crippen LogP contribution >= 0.6 is 0 Å². The van der Waals surface area contributed by atoms with Crippen LogP contribution in [-0.4, -0.2) is 42.0 Å². The third-order valence-corrected chi connectivity index (χ3v) is 5.20. The lowest BCUT2D eigenvalue weighted by Crippen LogP contribution is -2.46. The summed E-state index contributed by atoms with van der Waals surface area (Å²) < 4.78 is 60.0. The van der Waals surface area contributed by atoms with Crippen molar-refractivity contribution in [1.29, 1.82) is 10.7 Å². The van der Waals surface area contributed by atoms with Gasteiger partial charge >= 0.3 is 6.36 Å². The Balaban J connectivity index is 1.75. The summed E-state index contributed by atoms with van der Waals surface area (Å²) in [7, 11) is 0. The van der Waals surface area contributed by atoms with Crippen LogP contribution in [0, 0.1) is 22.7 Å². The smallest absolute Gasteiger partial charge is 0.457 e. The molecule has 0 radical (unpaired) electrons.